The van der Waals surface area contributed by atoms with Crippen LogP contribution in [-0.4, -0.2) is 73.7 Å². The van der Waals surface area contributed by atoms with Gasteiger partial charge in [0.1, 0.15) is 18.3 Å². The van der Waals surface area contributed by atoms with Crippen LogP contribution >= 0.6 is 0 Å². The second-order valence-corrected chi connectivity index (χ2v) is 8.44. The maximum Gasteiger partial charge on any atom is 0.273 e. The minimum absolute atomic E-state index is 0.0145. The molecule has 4 heterocycles. The van der Waals surface area contributed by atoms with Gasteiger partial charge in [0.25, 0.3) is 5.91 Å². The monoisotopic (exact) mass is 490 g/mol. The Kier molecular flexibility index (Phi) is 6.03. The highest BCUT2D eigenvalue weighted by Gasteiger charge is 2.32. The maximum absolute atomic E-state index is 12.3. The van der Waals surface area contributed by atoms with Crippen LogP contribution in [0, 0.1) is 17.2 Å². The van der Waals surface area contributed by atoms with Gasteiger partial charge in [0.2, 0.25) is 17.8 Å². The minimum Gasteiger partial charge on any atom is -0.485 e. The Balaban J connectivity index is 1.30. The largest absolute Gasteiger partial charge is 0.485 e. The quantitative estimate of drug-likeness (QED) is 0.402. The van der Waals surface area contributed by atoms with Crippen molar-refractivity contribution in [1.29, 1.82) is 5.26 Å². The number of fused-ring (bicyclic) bond motifs is 1. The number of amides is 3. The highest BCUT2D eigenvalue weighted by atomic mass is 16.5. The van der Waals surface area contributed by atoms with Crippen LogP contribution < -0.4 is 20.7 Å². The highest BCUT2D eigenvalue weighted by molar-refractivity contribution is 5.99. The molecule has 0 unspecified atom stereocenters. The molecule has 184 valence electrons. The lowest BCUT2D eigenvalue weighted by atomic mass is 10.1. The van der Waals surface area contributed by atoms with E-state index >= 15 is 0 Å². The van der Waals surface area contributed by atoms with Crippen LogP contribution in [0.15, 0.2) is 24.4 Å². The summed E-state index contributed by atoms with van der Waals surface area (Å²) in [7, 11) is 1.47. The van der Waals surface area contributed by atoms with E-state index in [0.717, 1.165) is 12.8 Å². The Hall–Kier alpha value is -4.80. The third-order valence-corrected chi connectivity index (χ3v) is 5.72. The fourth-order valence-corrected chi connectivity index (χ4v) is 3.60. The van der Waals surface area contributed by atoms with Crippen LogP contribution in [0.2, 0.25) is 0 Å². The van der Waals surface area contributed by atoms with Gasteiger partial charge in [0.15, 0.2) is 17.2 Å². The van der Waals surface area contributed by atoms with Crippen LogP contribution in [0.4, 0.5) is 17.5 Å². The van der Waals surface area contributed by atoms with Gasteiger partial charge in [-0.3, -0.25) is 14.4 Å². The standard InChI is InChI=1S/C22H22N10O4/c1-24-21(35)19-15(8-16(28-29-19)26-20(34)12-2-3-12)25-22-27-17-5-4-13(11-32(17)30-22)36-14-9-31(10-14)18(33)6-7-23/h4-5,8,11-12,14H,2-3,6,9-10H2,1H3,(H,24,35)(H2,25,26,28,30,34). The molecule has 3 aromatic heterocycles. The third-order valence-electron chi connectivity index (χ3n) is 5.72. The predicted molar refractivity (Wildman–Crippen MR) is 124 cm³/mol. The van der Waals surface area contributed by atoms with E-state index in [2.05, 4.69) is 36.2 Å². The predicted octanol–water partition coefficient (Wildman–Crippen LogP) is 0.474. The molecule has 2 aliphatic rings. The first-order chi connectivity index (χ1) is 17.4. The van der Waals surface area contributed by atoms with E-state index < -0.39 is 5.91 Å². The number of anilines is 3. The third kappa shape index (κ3) is 4.85. The highest BCUT2D eigenvalue weighted by Crippen LogP contribution is 2.30. The summed E-state index contributed by atoms with van der Waals surface area (Å²) in [5.74, 6) is 0.123. The smallest absolute Gasteiger partial charge is 0.273 e. The summed E-state index contributed by atoms with van der Waals surface area (Å²) < 4.78 is 7.40. The average molecular weight is 490 g/mol. The van der Waals surface area contributed by atoms with Gasteiger partial charge in [-0.25, -0.2) is 4.52 Å². The van der Waals surface area contributed by atoms with Gasteiger partial charge in [0, 0.05) is 19.0 Å². The van der Waals surface area contributed by atoms with E-state index in [4.69, 9.17) is 10.00 Å². The number of rotatable bonds is 8. The number of aromatic nitrogens is 5. The molecule has 14 heteroatoms. The van der Waals surface area contributed by atoms with Crippen molar-refractivity contribution in [1.82, 2.24) is 35.0 Å². The molecule has 36 heavy (non-hydrogen) atoms. The molecule has 1 aliphatic heterocycles. The number of hydrogen-bond donors (Lipinski definition) is 3. The SMILES string of the molecule is CNC(=O)c1nnc(NC(=O)C2CC2)cc1Nc1nc2ccc(OC3CN(C(=O)CC#N)C3)cn2n1. The molecule has 14 nitrogen and oxygen atoms in total. The topological polar surface area (TPSA) is 180 Å². The zero-order valence-corrected chi connectivity index (χ0v) is 19.3. The zero-order valence-electron chi connectivity index (χ0n) is 19.3. The number of carbonyl (C=O) groups excluding carboxylic acids is 3. The second kappa shape index (κ2) is 9.45. The summed E-state index contributed by atoms with van der Waals surface area (Å²) in [4.78, 5) is 42.1. The first-order valence-corrected chi connectivity index (χ1v) is 11.3. The molecule has 3 aromatic rings. The minimum atomic E-state index is -0.465. The summed E-state index contributed by atoms with van der Waals surface area (Å²) in [6.45, 7) is 0.833. The first kappa shape index (κ1) is 23.0. The van der Waals surface area contributed by atoms with Crippen molar-refractivity contribution in [2.24, 2.45) is 5.92 Å². The summed E-state index contributed by atoms with van der Waals surface area (Å²) >= 11 is 0. The summed E-state index contributed by atoms with van der Waals surface area (Å²) in [6.07, 6.45) is 3.02. The van der Waals surface area contributed by atoms with E-state index in [1.165, 1.54) is 17.6 Å². The van der Waals surface area contributed by atoms with Crippen molar-refractivity contribution < 1.29 is 19.1 Å². The lowest BCUT2D eigenvalue weighted by molar-refractivity contribution is -0.138. The Morgan fingerprint density at radius 2 is 2.03 bits per heavy atom. The van der Waals surface area contributed by atoms with Crippen molar-refractivity contribution in [3.8, 4) is 11.8 Å². The van der Waals surface area contributed by atoms with Gasteiger partial charge in [0.05, 0.1) is 31.0 Å². The van der Waals surface area contributed by atoms with Gasteiger partial charge >= 0.3 is 0 Å². The fraction of sp³-hybridized carbons (Fsp3) is 0.364. The Morgan fingerprint density at radius 3 is 2.75 bits per heavy atom. The van der Waals surface area contributed by atoms with E-state index in [-0.39, 0.29) is 53.4 Å². The number of pyridine rings is 1. The van der Waals surface area contributed by atoms with Crippen molar-refractivity contribution in [3.63, 3.8) is 0 Å². The molecule has 1 saturated carbocycles. The van der Waals surface area contributed by atoms with Crippen molar-refractivity contribution in [2.75, 3.05) is 30.8 Å². The van der Waals surface area contributed by atoms with Gasteiger partial charge in [-0.2, -0.15) is 10.2 Å². The average Bonchev–Trinajstić information content (AvgIpc) is 3.61. The van der Waals surface area contributed by atoms with Gasteiger partial charge in [-0.15, -0.1) is 15.3 Å². The molecule has 3 amide bonds. The number of nitrogens with one attached hydrogen (secondary N) is 3. The summed E-state index contributed by atoms with van der Waals surface area (Å²) in [5, 5.41) is 29.1. The normalized spacial score (nSPS) is 15.1. The van der Waals surface area contributed by atoms with E-state index in [1.54, 1.807) is 23.2 Å². The first-order valence-electron chi connectivity index (χ1n) is 11.3. The Bertz CT molecular complexity index is 1390. The van der Waals surface area contributed by atoms with Gasteiger partial charge in [-0.05, 0) is 25.0 Å². The summed E-state index contributed by atoms with van der Waals surface area (Å²) in [5.41, 5.74) is 0.819. The van der Waals surface area contributed by atoms with Crippen LogP contribution in [0.3, 0.4) is 0 Å². The molecular weight excluding hydrogens is 468 g/mol. The van der Waals surface area contributed by atoms with Crippen molar-refractivity contribution in [2.45, 2.75) is 25.4 Å². The molecule has 0 atom stereocenters. The number of hydrogen-bond acceptors (Lipinski definition) is 10. The Morgan fingerprint density at radius 1 is 1.22 bits per heavy atom. The number of carbonyl (C=O) groups is 3. The molecule has 5 rings (SSSR count). The lowest BCUT2D eigenvalue weighted by Gasteiger charge is -2.38. The van der Waals surface area contributed by atoms with Crippen LogP contribution in [0.5, 0.6) is 5.75 Å². The fourth-order valence-electron chi connectivity index (χ4n) is 3.60. The zero-order chi connectivity index (χ0) is 25.2. The lowest BCUT2D eigenvalue weighted by Crippen LogP contribution is -2.56. The maximum atomic E-state index is 12.3. The van der Waals surface area contributed by atoms with Crippen molar-refractivity contribution >= 4 is 40.8 Å². The molecule has 2 fully saturated rings. The van der Waals surface area contributed by atoms with Gasteiger partial charge in [-0.1, -0.05) is 0 Å². The van der Waals surface area contributed by atoms with E-state index in [0.29, 0.717) is 24.5 Å². The van der Waals surface area contributed by atoms with Crippen LogP contribution in [-0.2, 0) is 9.59 Å². The van der Waals surface area contributed by atoms with Gasteiger partial charge < -0.3 is 25.6 Å². The summed E-state index contributed by atoms with van der Waals surface area (Å²) in [6, 6.07) is 6.81. The molecule has 0 spiro atoms. The second-order valence-electron chi connectivity index (χ2n) is 8.44. The number of nitrogens with zero attached hydrogens (tertiary/aromatic N) is 7. The van der Waals surface area contributed by atoms with E-state index in [9.17, 15) is 14.4 Å². The Labute approximate surface area is 204 Å². The number of ether oxygens (including phenoxy) is 1. The molecule has 1 saturated heterocycles. The molecule has 1 aliphatic carbocycles. The molecule has 3 N–H and O–H groups in total. The van der Waals surface area contributed by atoms with Crippen molar-refractivity contribution in [3.05, 3.63) is 30.1 Å². The van der Waals surface area contributed by atoms with Crippen LogP contribution in [0.25, 0.3) is 5.65 Å². The molecule has 0 radical (unpaired) electrons. The van der Waals surface area contributed by atoms with Crippen LogP contribution in [0.1, 0.15) is 29.8 Å². The van der Waals surface area contributed by atoms with E-state index in [1.807, 2.05) is 6.07 Å². The molecule has 0 bridgehead atoms. The molecule has 0 aromatic carbocycles. The number of likely N-dealkylation sites (tertiary alicyclic amines) is 1. The molecular formula is C22H22N10O4. The number of nitriles is 1.